The molecule has 0 radical (unpaired) electrons. The topological polar surface area (TPSA) is 48.7 Å². The minimum atomic E-state index is 0.537. The molecule has 1 heterocycles. The molecule has 0 unspecified atom stereocenters. The molecule has 1 aromatic heterocycles. The number of halogens is 1. The highest BCUT2D eigenvalue weighted by Gasteiger charge is 2.01. The second-order valence-electron chi connectivity index (χ2n) is 3.49. The van der Waals surface area contributed by atoms with Crippen LogP contribution in [0, 0.1) is 11.3 Å². The van der Waals surface area contributed by atoms with Gasteiger partial charge >= 0.3 is 0 Å². The molecular formula is C13H10ClN3. The maximum absolute atomic E-state index is 8.91. The van der Waals surface area contributed by atoms with Crippen molar-refractivity contribution in [3.8, 4) is 6.07 Å². The Bertz CT molecular complexity index is 561. The molecule has 0 aliphatic rings. The van der Waals surface area contributed by atoms with Gasteiger partial charge in [-0.3, -0.25) is 0 Å². The van der Waals surface area contributed by atoms with E-state index in [1.165, 1.54) is 0 Å². The van der Waals surface area contributed by atoms with Crippen molar-refractivity contribution in [1.29, 1.82) is 5.26 Å². The van der Waals surface area contributed by atoms with E-state index in [9.17, 15) is 0 Å². The fourth-order valence-electron chi connectivity index (χ4n) is 1.47. The molecule has 0 saturated heterocycles. The van der Waals surface area contributed by atoms with Crippen LogP contribution in [-0.4, -0.2) is 4.98 Å². The van der Waals surface area contributed by atoms with Gasteiger partial charge in [-0.1, -0.05) is 23.7 Å². The number of nitrogens with zero attached hydrogens (tertiary/aromatic N) is 2. The van der Waals surface area contributed by atoms with Crippen molar-refractivity contribution in [2.75, 3.05) is 5.32 Å². The first-order valence-corrected chi connectivity index (χ1v) is 5.51. The number of aromatic nitrogens is 1. The predicted molar refractivity (Wildman–Crippen MR) is 67.7 cm³/mol. The van der Waals surface area contributed by atoms with Crippen molar-refractivity contribution in [2.24, 2.45) is 0 Å². The first kappa shape index (κ1) is 11.4. The first-order valence-electron chi connectivity index (χ1n) is 5.13. The van der Waals surface area contributed by atoms with Crippen molar-refractivity contribution in [3.63, 3.8) is 0 Å². The lowest BCUT2D eigenvalue weighted by atomic mass is 10.2. The van der Waals surface area contributed by atoms with Gasteiger partial charge in [0.05, 0.1) is 5.56 Å². The van der Waals surface area contributed by atoms with E-state index in [1.54, 1.807) is 18.3 Å². The molecule has 2 rings (SSSR count). The summed E-state index contributed by atoms with van der Waals surface area (Å²) in [5, 5.41) is 12.7. The number of rotatable bonds is 3. The Morgan fingerprint density at radius 3 is 2.94 bits per heavy atom. The Balaban J connectivity index is 2.10. The summed E-state index contributed by atoms with van der Waals surface area (Å²) >= 11 is 5.89. The maximum Gasteiger partial charge on any atom is 0.144 e. The van der Waals surface area contributed by atoms with Crippen molar-refractivity contribution < 1.29 is 0 Å². The molecule has 84 valence electrons. The second-order valence-corrected chi connectivity index (χ2v) is 3.93. The highest BCUT2D eigenvalue weighted by Crippen LogP contribution is 2.14. The zero-order chi connectivity index (χ0) is 12.1. The minimum absolute atomic E-state index is 0.537. The Labute approximate surface area is 105 Å². The van der Waals surface area contributed by atoms with E-state index in [1.807, 2.05) is 24.3 Å². The molecule has 1 N–H and O–H groups in total. The molecular weight excluding hydrogens is 234 g/mol. The highest BCUT2D eigenvalue weighted by atomic mass is 35.5. The van der Waals surface area contributed by atoms with Crippen LogP contribution >= 0.6 is 11.6 Å². The molecule has 3 nitrogen and oxygen atoms in total. The number of pyridine rings is 1. The summed E-state index contributed by atoms with van der Waals surface area (Å²) in [6.07, 6.45) is 1.65. The van der Waals surface area contributed by atoms with E-state index in [2.05, 4.69) is 16.4 Å². The lowest BCUT2D eigenvalue weighted by molar-refractivity contribution is 1.11. The van der Waals surface area contributed by atoms with Gasteiger partial charge in [0.15, 0.2) is 0 Å². The SMILES string of the molecule is N#Cc1cccnc1NCc1cccc(Cl)c1. The third-order valence-corrected chi connectivity index (χ3v) is 2.51. The Morgan fingerprint density at radius 2 is 2.18 bits per heavy atom. The van der Waals surface area contributed by atoms with Crippen LogP contribution in [0.25, 0.3) is 0 Å². The van der Waals surface area contributed by atoms with Crippen molar-refractivity contribution in [3.05, 3.63) is 58.7 Å². The average Bonchev–Trinajstić information content (AvgIpc) is 2.37. The minimum Gasteiger partial charge on any atom is -0.365 e. The van der Waals surface area contributed by atoms with Gasteiger partial charge in [-0.05, 0) is 29.8 Å². The molecule has 0 spiro atoms. The van der Waals surface area contributed by atoms with Crippen LogP contribution in [0.5, 0.6) is 0 Å². The van der Waals surface area contributed by atoms with Crippen molar-refractivity contribution in [2.45, 2.75) is 6.54 Å². The summed E-state index contributed by atoms with van der Waals surface area (Å²) in [5.74, 6) is 0.593. The van der Waals surface area contributed by atoms with E-state index >= 15 is 0 Å². The third kappa shape index (κ3) is 2.96. The lowest BCUT2D eigenvalue weighted by Crippen LogP contribution is -2.02. The van der Waals surface area contributed by atoms with Crippen LogP contribution in [-0.2, 0) is 6.54 Å². The zero-order valence-corrected chi connectivity index (χ0v) is 9.78. The molecule has 0 amide bonds. The summed E-state index contributed by atoms with van der Waals surface area (Å²) < 4.78 is 0. The molecule has 0 bridgehead atoms. The molecule has 0 atom stereocenters. The quantitative estimate of drug-likeness (QED) is 0.901. The summed E-state index contributed by atoms with van der Waals surface area (Å²) in [4.78, 5) is 4.12. The number of nitriles is 1. The second kappa shape index (κ2) is 5.33. The van der Waals surface area contributed by atoms with Gasteiger partial charge in [-0.15, -0.1) is 0 Å². The highest BCUT2D eigenvalue weighted by molar-refractivity contribution is 6.30. The van der Waals surface area contributed by atoms with Crippen LogP contribution in [0.3, 0.4) is 0 Å². The molecule has 17 heavy (non-hydrogen) atoms. The van der Waals surface area contributed by atoms with Gasteiger partial charge in [0, 0.05) is 17.8 Å². The molecule has 0 fully saturated rings. The van der Waals surface area contributed by atoms with Gasteiger partial charge in [0.25, 0.3) is 0 Å². The normalized spacial score (nSPS) is 9.65. The Hall–Kier alpha value is -2.05. The number of anilines is 1. The summed E-state index contributed by atoms with van der Waals surface area (Å²) in [6.45, 7) is 0.590. The number of nitrogens with one attached hydrogen (secondary N) is 1. The molecule has 2 aromatic rings. The molecule has 0 aliphatic carbocycles. The van der Waals surface area contributed by atoms with Crippen LogP contribution in [0.4, 0.5) is 5.82 Å². The number of hydrogen-bond donors (Lipinski definition) is 1. The van der Waals surface area contributed by atoms with Gasteiger partial charge in [-0.2, -0.15) is 5.26 Å². The fourth-order valence-corrected chi connectivity index (χ4v) is 1.68. The zero-order valence-electron chi connectivity index (χ0n) is 9.02. The summed E-state index contributed by atoms with van der Waals surface area (Å²) in [5.41, 5.74) is 1.58. The maximum atomic E-state index is 8.91. The van der Waals surface area contributed by atoms with E-state index in [0.29, 0.717) is 22.9 Å². The van der Waals surface area contributed by atoms with E-state index in [-0.39, 0.29) is 0 Å². The van der Waals surface area contributed by atoms with Gasteiger partial charge in [-0.25, -0.2) is 4.98 Å². The van der Waals surface area contributed by atoms with Gasteiger partial charge in [0.2, 0.25) is 0 Å². The standard InChI is InChI=1S/C13H10ClN3/c14-12-5-1-3-10(7-12)9-17-13-11(8-15)4-2-6-16-13/h1-7H,9H2,(H,16,17). The number of benzene rings is 1. The van der Waals surface area contributed by atoms with Gasteiger partial charge < -0.3 is 5.32 Å². The predicted octanol–water partition coefficient (Wildman–Crippen LogP) is 3.22. The fraction of sp³-hybridized carbons (Fsp3) is 0.0769. The Kier molecular flexibility index (Phi) is 3.59. The van der Waals surface area contributed by atoms with E-state index in [4.69, 9.17) is 16.9 Å². The van der Waals surface area contributed by atoms with E-state index < -0.39 is 0 Å². The van der Waals surface area contributed by atoms with Crippen LogP contribution in [0.1, 0.15) is 11.1 Å². The molecule has 1 aromatic carbocycles. The average molecular weight is 244 g/mol. The Morgan fingerprint density at radius 1 is 1.29 bits per heavy atom. The molecule has 0 aliphatic heterocycles. The largest absolute Gasteiger partial charge is 0.365 e. The monoisotopic (exact) mass is 243 g/mol. The third-order valence-electron chi connectivity index (χ3n) is 2.28. The summed E-state index contributed by atoms with van der Waals surface area (Å²) in [6, 6.07) is 13.1. The van der Waals surface area contributed by atoms with Crippen molar-refractivity contribution in [1.82, 2.24) is 4.98 Å². The van der Waals surface area contributed by atoms with Crippen molar-refractivity contribution >= 4 is 17.4 Å². The van der Waals surface area contributed by atoms with Crippen LogP contribution in [0.2, 0.25) is 5.02 Å². The molecule has 4 heteroatoms. The van der Waals surface area contributed by atoms with Crippen LogP contribution in [0.15, 0.2) is 42.6 Å². The smallest absolute Gasteiger partial charge is 0.144 e. The molecule has 0 saturated carbocycles. The first-order chi connectivity index (χ1) is 8.29. The van der Waals surface area contributed by atoms with E-state index in [0.717, 1.165) is 5.56 Å². The number of hydrogen-bond acceptors (Lipinski definition) is 3. The van der Waals surface area contributed by atoms with Gasteiger partial charge in [0.1, 0.15) is 11.9 Å². The van der Waals surface area contributed by atoms with Crippen LogP contribution < -0.4 is 5.32 Å². The lowest BCUT2D eigenvalue weighted by Gasteiger charge is -2.06. The summed E-state index contributed by atoms with van der Waals surface area (Å²) in [7, 11) is 0.